The summed E-state index contributed by atoms with van der Waals surface area (Å²) in [5, 5.41) is 15.4. The minimum atomic E-state index is 0.665. The molecule has 0 atom stereocenters. The van der Waals surface area contributed by atoms with Gasteiger partial charge in [-0.2, -0.15) is 5.26 Å². The van der Waals surface area contributed by atoms with Crippen LogP contribution in [0.2, 0.25) is 5.02 Å². The standard InChI is InChI=1S/C23H20ClN3/c1-15-10-16(2)12-19(11-15)17(3)27-21-8-9-23(24)22(13-21)18-4-6-20(7-5-18)26-14-25/h4-13,26-27H,3H2,1-2H3. The lowest BCUT2D eigenvalue weighted by molar-refractivity contribution is 1.36. The van der Waals surface area contributed by atoms with Gasteiger partial charge >= 0.3 is 0 Å². The summed E-state index contributed by atoms with van der Waals surface area (Å²) in [7, 11) is 0. The van der Waals surface area contributed by atoms with Crippen LogP contribution in [0.4, 0.5) is 11.4 Å². The van der Waals surface area contributed by atoms with Crippen molar-refractivity contribution in [1.82, 2.24) is 0 Å². The molecule has 134 valence electrons. The molecule has 0 unspecified atom stereocenters. The first-order valence-corrected chi connectivity index (χ1v) is 8.94. The van der Waals surface area contributed by atoms with Crippen LogP contribution in [0.5, 0.6) is 0 Å². The summed E-state index contributed by atoms with van der Waals surface area (Å²) < 4.78 is 0. The first-order chi connectivity index (χ1) is 13.0. The Morgan fingerprint density at radius 1 is 0.926 bits per heavy atom. The topological polar surface area (TPSA) is 47.8 Å². The van der Waals surface area contributed by atoms with Crippen molar-refractivity contribution in [2.45, 2.75) is 13.8 Å². The molecular weight excluding hydrogens is 354 g/mol. The van der Waals surface area contributed by atoms with Crippen LogP contribution in [0.1, 0.15) is 16.7 Å². The number of aryl methyl sites for hydroxylation is 2. The zero-order valence-electron chi connectivity index (χ0n) is 15.3. The molecule has 0 saturated carbocycles. The fourth-order valence-electron chi connectivity index (χ4n) is 3.02. The lowest BCUT2D eigenvalue weighted by atomic mass is 10.0. The average molecular weight is 374 g/mol. The molecule has 0 aliphatic carbocycles. The number of nitrogens with zero attached hydrogens (tertiary/aromatic N) is 1. The van der Waals surface area contributed by atoms with Crippen LogP contribution in [0.15, 0.2) is 67.2 Å². The summed E-state index contributed by atoms with van der Waals surface area (Å²) in [5.41, 5.74) is 7.86. The van der Waals surface area contributed by atoms with Gasteiger partial charge in [0.05, 0.1) is 0 Å². The maximum absolute atomic E-state index is 8.70. The van der Waals surface area contributed by atoms with Gasteiger partial charge in [-0.15, -0.1) is 0 Å². The molecule has 0 heterocycles. The fraction of sp³-hybridized carbons (Fsp3) is 0.0870. The lowest BCUT2D eigenvalue weighted by Gasteiger charge is -2.14. The molecule has 2 N–H and O–H groups in total. The molecule has 0 fully saturated rings. The van der Waals surface area contributed by atoms with Crippen LogP contribution in [-0.4, -0.2) is 0 Å². The number of halogens is 1. The van der Waals surface area contributed by atoms with E-state index in [9.17, 15) is 0 Å². The van der Waals surface area contributed by atoms with Crippen molar-refractivity contribution in [2.24, 2.45) is 0 Å². The first kappa shape index (κ1) is 18.6. The predicted molar refractivity (Wildman–Crippen MR) is 115 cm³/mol. The highest BCUT2D eigenvalue weighted by Gasteiger charge is 2.07. The van der Waals surface area contributed by atoms with Crippen LogP contribution in [0.3, 0.4) is 0 Å². The molecule has 0 spiro atoms. The second-order valence-electron chi connectivity index (χ2n) is 6.49. The molecule has 0 saturated heterocycles. The zero-order chi connectivity index (χ0) is 19.4. The SMILES string of the molecule is C=C(Nc1ccc(Cl)c(-c2ccc(NC#N)cc2)c1)c1cc(C)cc(C)c1. The second kappa shape index (κ2) is 7.99. The highest BCUT2D eigenvalue weighted by atomic mass is 35.5. The van der Waals surface area contributed by atoms with Gasteiger partial charge in [-0.1, -0.05) is 47.5 Å². The van der Waals surface area contributed by atoms with E-state index < -0.39 is 0 Å². The van der Waals surface area contributed by atoms with Crippen molar-refractivity contribution < 1.29 is 0 Å². The highest BCUT2D eigenvalue weighted by molar-refractivity contribution is 6.33. The Balaban J connectivity index is 1.86. The maximum Gasteiger partial charge on any atom is 0.181 e. The monoisotopic (exact) mass is 373 g/mol. The van der Waals surface area contributed by atoms with Crippen LogP contribution in [0, 0.1) is 25.3 Å². The largest absolute Gasteiger partial charge is 0.356 e. The van der Waals surface area contributed by atoms with Gasteiger partial charge in [0.15, 0.2) is 6.19 Å². The molecule has 0 radical (unpaired) electrons. The van der Waals surface area contributed by atoms with Crippen LogP contribution < -0.4 is 10.6 Å². The molecule has 0 aliphatic rings. The molecule has 0 bridgehead atoms. The molecule has 3 aromatic carbocycles. The first-order valence-electron chi connectivity index (χ1n) is 8.56. The van der Waals surface area contributed by atoms with Crippen LogP contribution in [0.25, 0.3) is 16.8 Å². The molecule has 4 heteroatoms. The Morgan fingerprint density at radius 2 is 1.56 bits per heavy atom. The van der Waals surface area contributed by atoms with E-state index in [0.717, 1.165) is 33.8 Å². The summed E-state index contributed by atoms with van der Waals surface area (Å²) in [6.45, 7) is 8.33. The van der Waals surface area contributed by atoms with Crippen LogP contribution >= 0.6 is 11.6 Å². The van der Waals surface area contributed by atoms with Crippen LogP contribution in [-0.2, 0) is 0 Å². The number of hydrogen-bond acceptors (Lipinski definition) is 3. The predicted octanol–water partition coefficient (Wildman–Crippen LogP) is 6.60. The average Bonchev–Trinajstić information content (AvgIpc) is 2.63. The van der Waals surface area contributed by atoms with Crippen molar-refractivity contribution in [3.8, 4) is 17.3 Å². The van der Waals surface area contributed by atoms with Gasteiger partial charge in [0.25, 0.3) is 0 Å². The molecule has 27 heavy (non-hydrogen) atoms. The Kier molecular flexibility index (Phi) is 5.49. The van der Waals surface area contributed by atoms with Crippen molar-refractivity contribution in [1.29, 1.82) is 5.26 Å². The van der Waals surface area contributed by atoms with Crippen molar-refractivity contribution in [2.75, 3.05) is 10.6 Å². The minimum absolute atomic E-state index is 0.665. The number of hydrogen-bond donors (Lipinski definition) is 2. The third kappa shape index (κ3) is 4.49. The number of nitrogens with one attached hydrogen (secondary N) is 2. The molecule has 3 aromatic rings. The Morgan fingerprint density at radius 3 is 2.19 bits per heavy atom. The maximum atomic E-state index is 8.70. The molecule has 0 aromatic heterocycles. The summed E-state index contributed by atoms with van der Waals surface area (Å²) in [5.74, 6) is 0. The smallest absolute Gasteiger partial charge is 0.181 e. The molecule has 0 aliphatic heterocycles. The van der Waals surface area contributed by atoms with Gasteiger partial charge in [0.2, 0.25) is 0 Å². The van der Waals surface area contributed by atoms with E-state index in [1.807, 2.05) is 48.7 Å². The highest BCUT2D eigenvalue weighted by Crippen LogP contribution is 2.32. The minimum Gasteiger partial charge on any atom is -0.356 e. The van der Waals surface area contributed by atoms with E-state index in [0.29, 0.717) is 5.02 Å². The normalized spacial score (nSPS) is 10.1. The van der Waals surface area contributed by atoms with E-state index in [-0.39, 0.29) is 0 Å². The number of rotatable bonds is 5. The number of nitriles is 1. The second-order valence-corrected chi connectivity index (χ2v) is 6.90. The quantitative estimate of drug-likeness (QED) is 0.391. The van der Waals surface area contributed by atoms with Gasteiger partial charge in [-0.05, 0) is 67.4 Å². The molecule has 0 amide bonds. The third-order valence-corrected chi connectivity index (χ3v) is 4.56. The van der Waals surface area contributed by atoms with Gasteiger partial charge in [-0.3, -0.25) is 5.32 Å². The van der Waals surface area contributed by atoms with Gasteiger partial charge < -0.3 is 5.32 Å². The van der Waals surface area contributed by atoms with E-state index in [1.165, 1.54) is 11.1 Å². The van der Waals surface area contributed by atoms with Crippen molar-refractivity contribution in [3.05, 3.63) is 89.0 Å². The summed E-state index contributed by atoms with van der Waals surface area (Å²) >= 11 is 6.41. The molecule has 3 nitrogen and oxygen atoms in total. The van der Waals surface area contributed by atoms with Gasteiger partial charge in [0.1, 0.15) is 0 Å². The number of benzene rings is 3. The Hall–Kier alpha value is -3.22. The number of anilines is 2. The molecular formula is C23H20ClN3. The zero-order valence-corrected chi connectivity index (χ0v) is 16.1. The summed E-state index contributed by atoms with van der Waals surface area (Å²) in [6.07, 6.45) is 1.91. The summed E-state index contributed by atoms with van der Waals surface area (Å²) in [6, 6.07) is 19.7. The van der Waals surface area contributed by atoms with E-state index in [1.54, 1.807) is 0 Å². The fourth-order valence-corrected chi connectivity index (χ4v) is 3.24. The Labute approximate surface area is 164 Å². The lowest BCUT2D eigenvalue weighted by Crippen LogP contribution is -1.99. The van der Waals surface area contributed by atoms with Gasteiger partial charge in [0, 0.05) is 27.7 Å². The third-order valence-electron chi connectivity index (χ3n) is 4.23. The van der Waals surface area contributed by atoms with Gasteiger partial charge in [-0.25, -0.2) is 0 Å². The van der Waals surface area contributed by atoms with E-state index in [4.69, 9.17) is 16.9 Å². The van der Waals surface area contributed by atoms with E-state index >= 15 is 0 Å². The van der Waals surface area contributed by atoms with E-state index in [2.05, 4.69) is 49.3 Å². The van der Waals surface area contributed by atoms with Crippen molar-refractivity contribution in [3.63, 3.8) is 0 Å². The Bertz CT molecular complexity index is 1010. The van der Waals surface area contributed by atoms with Crippen molar-refractivity contribution >= 4 is 28.7 Å². The summed E-state index contributed by atoms with van der Waals surface area (Å²) in [4.78, 5) is 0. The molecule has 3 rings (SSSR count).